The van der Waals surface area contributed by atoms with E-state index < -0.39 is 0 Å². The van der Waals surface area contributed by atoms with Crippen molar-refractivity contribution in [2.75, 3.05) is 19.6 Å². The van der Waals surface area contributed by atoms with Gasteiger partial charge in [0.1, 0.15) is 0 Å². The highest BCUT2D eigenvalue weighted by atomic mass is 35.5. The summed E-state index contributed by atoms with van der Waals surface area (Å²) in [6, 6.07) is 0.498. The second kappa shape index (κ2) is 8.23. The van der Waals surface area contributed by atoms with Crippen molar-refractivity contribution in [3.63, 3.8) is 0 Å². The maximum Gasteiger partial charge on any atom is 0.225 e. The molecule has 118 valence electrons. The summed E-state index contributed by atoms with van der Waals surface area (Å²) in [7, 11) is 0. The largest absolute Gasteiger partial charge is 0.342 e. The average molecular weight is 303 g/mol. The number of rotatable bonds is 2. The fourth-order valence-corrected chi connectivity index (χ4v) is 3.62. The van der Waals surface area contributed by atoms with E-state index in [1.807, 2.05) is 0 Å². The lowest BCUT2D eigenvalue weighted by Gasteiger charge is -2.31. The Kier molecular flexibility index (Phi) is 7.32. The molecular formula is C16H31ClN2O. The molecule has 2 aliphatic heterocycles. The zero-order valence-electron chi connectivity index (χ0n) is 13.2. The maximum absolute atomic E-state index is 12.6. The van der Waals surface area contributed by atoms with Gasteiger partial charge in [-0.1, -0.05) is 13.8 Å². The van der Waals surface area contributed by atoms with Crippen molar-refractivity contribution in [1.29, 1.82) is 0 Å². The summed E-state index contributed by atoms with van der Waals surface area (Å²) >= 11 is 0. The SMILES string of the molecule is CC(C)C1CCCN(C(=O)[C@H]2CCN[C@@H](C)C2)CC1.Cl. The quantitative estimate of drug-likeness (QED) is 0.850. The molecule has 2 saturated heterocycles. The van der Waals surface area contributed by atoms with E-state index >= 15 is 0 Å². The van der Waals surface area contributed by atoms with Crippen LogP contribution < -0.4 is 5.32 Å². The lowest BCUT2D eigenvalue weighted by molar-refractivity contribution is -0.136. The average Bonchev–Trinajstić information content (AvgIpc) is 2.63. The minimum Gasteiger partial charge on any atom is -0.342 e. The lowest BCUT2D eigenvalue weighted by atomic mass is 9.89. The smallest absolute Gasteiger partial charge is 0.225 e. The van der Waals surface area contributed by atoms with E-state index in [4.69, 9.17) is 0 Å². The van der Waals surface area contributed by atoms with E-state index in [1.165, 1.54) is 19.3 Å². The van der Waals surface area contributed by atoms with Crippen LogP contribution in [0.2, 0.25) is 0 Å². The summed E-state index contributed by atoms with van der Waals surface area (Å²) in [6.07, 6.45) is 5.72. The van der Waals surface area contributed by atoms with Crippen molar-refractivity contribution >= 4 is 18.3 Å². The number of nitrogens with zero attached hydrogens (tertiary/aromatic N) is 1. The molecule has 0 aromatic heterocycles. The second-order valence-electron chi connectivity index (χ2n) is 6.84. The van der Waals surface area contributed by atoms with Crippen LogP contribution in [0.15, 0.2) is 0 Å². The van der Waals surface area contributed by atoms with Crippen LogP contribution in [-0.4, -0.2) is 36.5 Å². The molecule has 2 heterocycles. The number of amides is 1. The molecule has 1 N–H and O–H groups in total. The highest BCUT2D eigenvalue weighted by molar-refractivity contribution is 5.85. The molecule has 0 saturated carbocycles. The number of carbonyl (C=O) groups is 1. The summed E-state index contributed by atoms with van der Waals surface area (Å²) in [6.45, 7) is 9.80. The van der Waals surface area contributed by atoms with Crippen LogP contribution in [0.5, 0.6) is 0 Å². The van der Waals surface area contributed by atoms with E-state index in [0.29, 0.717) is 11.9 Å². The first-order valence-corrected chi connectivity index (χ1v) is 8.10. The van der Waals surface area contributed by atoms with Crippen LogP contribution >= 0.6 is 12.4 Å². The van der Waals surface area contributed by atoms with Crippen LogP contribution in [0.4, 0.5) is 0 Å². The van der Waals surface area contributed by atoms with Gasteiger partial charge < -0.3 is 10.2 Å². The second-order valence-corrected chi connectivity index (χ2v) is 6.84. The van der Waals surface area contributed by atoms with Gasteiger partial charge in [0, 0.05) is 25.0 Å². The van der Waals surface area contributed by atoms with Gasteiger partial charge in [0.05, 0.1) is 0 Å². The van der Waals surface area contributed by atoms with Gasteiger partial charge in [-0.05, 0) is 57.4 Å². The Morgan fingerprint density at radius 1 is 1.20 bits per heavy atom. The van der Waals surface area contributed by atoms with Crippen LogP contribution in [0.25, 0.3) is 0 Å². The third-order valence-corrected chi connectivity index (χ3v) is 5.00. The first-order valence-electron chi connectivity index (χ1n) is 8.10. The van der Waals surface area contributed by atoms with Crippen molar-refractivity contribution in [3.8, 4) is 0 Å². The molecule has 0 aliphatic carbocycles. The molecule has 2 rings (SSSR count). The third kappa shape index (κ3) is 4.63. The Morgan fingerprint density at radius 3 is 2.60 bits per heavy atom. The van der Waals surface area contributed by atoms with Gasteiger partial charge in [0.15, 0.2) is 0 Å². The summed E-state index contributed by atoms with van der Waals surface area (Å²) in [5.74, 6) is 2.27. The Balaban J connectivity index is 0.00000200. The first kappa shape index (κ1) is 17.8. The molecule has 0 aromatic carbocycles. The summed E-state index contributed by atoms with van der Waals surface area (Å²) in [5.41, 5.74) is 0. The van der Waals surface area contributed by atoms with Crippen molar-refractivity contribution < 1.29 is 4.79 Å². The van der Waals surface area contributed by atoms with Crippen LogP contribution in [0, 0.1) is 17.8 Å². The van der Waals surface area contributed by atoms with Crippen LogP contribution in [0.1, 0.15) is 52.9 Å². The van der Waals surface area contributed by atoms with E-state index in [1.54, 1.807) is 0 Å². The standard InChI is InChI=1S/C16H30N2O.ClH/c1-12(2)14-5-4-9-18(10-7-14)16(19)15-6-8-17-13(3)11-15;/h12-15,17H,4-11H2,1-3H3;1H/t13-,14?,15-;/m0./s1. The van der Waals surface area contributed by atoms with Crippen LogP contribution in [-0.2, 0) is 4.79 Å². The minimum absolute atomic E-state index is 0. The summed E-state index contributed by atoms with van der Waals surface area (Å²) in [4.78, 5) is 14.8. The van der Waals surface area contributed by atoms with E-state index in [9.17, 15) is 4.79 Å². The molecule has 0 bridgehead atoms. The Labute approximate surface area is 130 Å². The van der Waals surface area contributed by atoms with Gasteiger partial charge in [-0.25, -0.2) is 0 Å². The topological polar surface area (TPSA) is 32.3 Å². The van der Waals surface area contributed by atoms with Crippen LogP contribution in [0.3, 0.4) is 0 Å². The van der Waals surface area contributed by atoms with Gasteiger partial charge in [0.2, 0.25) is 5.91 Å². The Bertz CT molecular complexity index is 309. The fourth-order valence-electron chi connectivity index (χ4n) is 3.62. The number of piperidine rings is 1. The molecule has 1 amide bonds. The molecule has 0 radical (unpaired) electrons. The number of carbonyl (C=O) groups excluding carboxylic acids is 1. The monoisotopic (exact) mass is 302 g/mol. The van der Waals surface area contributed by atoms with Gasteiger partial charge in [-0.15, -0.1) is 12.4 Å². The lowest BCUT2D eigenvalue weighted by Crippen LogP contribution is -2.44. The van der Waals surface area contributed by atoms with Gasteiger partial charge in [0.25, 0.3) is 0 Å². The number of likely N-dealkylation sites (tertiary alicyclic amines) is 1. The summed E-state index contributed by atoms with van der Waals surface area (Å²) < 4.78 is 0. The van der Waals surface area contributed by atoms with Gasteiger partial charge >= 0.3 is 0 Å². The zero-order valence-corrected chi connectivity index (χ0v) is 14.0. The highest BCUT2D eigenvalue weighted by Crippen LogP contribution is 2.26. The van der Waals surface area contributed by atoms with Gasteiger partial charge in [-0.2, -0.15) is 0 Å². The first-order chi connectivity index (χ1) is 9.08. The highest BCUT2D eigenvalue weighted by Gasteiger charge is 2.30. The molecule has 20 heavy (non-hydrogen) atoms. The fraction of sp³-hybridized carbons (Fsp3) is 0.938. The number of halogens is 1. The van der Waals surface area contributed by atoms with E-state index in [0.717, 1.165) is 44.3 Å². The van der Waals surface area contributed by atoms with E-state index in [2.05, 4.69) is 31.0 Å². The number of hydrogen-bond donors (Lipinski definition) is 1. The molecular weight excluding hydrogens is 272 g/mol. The molecule has 3 atom stereocenters. The van der Waals surface area contributed by atoms with E-state index in [-0.39, 0.29) is 18.3 Å². The minimum atomic E-state index is 0. The van der Waals surface area contributed by atoms with Crippen molar-refractivity contribution in [2.45, 2.75) is 58.9 Å². The van der Waals surface area contributed by atoms with Crippen molar-refractivity contribution in [1.82, 2.24) is 10.2 Å². The molecule has 2 fully saturated rings. The maximum atomic E-state index is 12.6. The Hall–Kier alpha value is -0.280. The zero-order chi connectivity index (χ0) is 13.8. The normalized spacial score (nSPS) is 31.6. The molecule has 0 spiro atoms. The predicted octanol–water partition coefficient (Wildman–Crippen LogP) is 3.08. The molecule has 1 unspecified atom stereocenters. The Morgan fingerprint density at radius 2 is 1.95 bits per heavy atom. The number of hydrogen-bond acceptors (Lipinski definition) is 2. The third-order valence-electron chi connectivity index (χ3n) is 5.00. The molecule has 4 heteroatoms. The van der Waals surface area contributed by atoms with Gasteiger partial charge in [-0.3, -0.25) is 4.79 Å². The van der Waals surface area contributed by atoms with Crippen molar-refractivity contribution in [3.05, 3.63) is 0 Å². The molecule has 0 aromatic rings. The number of nitrogens with one attached hydrogen (secondary N) is 1. The summed E-state index contributed by atoms with van der Waals surface area (Å²) in [5, 5.41) is 3.43. The molecule has 3 nitrogen and oxygen atoms in total. The predicted molar refractivity (Wildman–Crippen MR) is 86.2 cm³/mol. The van der Waals surface area contributed by atoms with Crippen molar-refractivity contribution in [2.24, 2.45) is 17.8 Å². The molecule has 2 aliphatic rings.